The van der Waals surface area contributed by atoms with E-state index in [-0.39, 0.29) is 0 Å². The number of hydrogen-bond donors (Lipinski definition) is 0. The van der Waals surface area contributed by atoms with Crippen LogP contribution in [-0.2, 0) is 0 Å². The van der Waals surface area contributed by atoms with Crippen LogP contribution < -0.4 is 0 Å². The third kappa shape index (κ3) is 4.19. The van der Waals surface area contributed by atoms with Crippen molar-refractivity contribution < 1.29 is 0 Å². The van der Waals surface area contributed by atoms with E-state index in [4.69, 9.17) is 4.99 Å². The molecule has 0 spiro atoms. The maximum atomic E-state index is 4.87. The van der Waals surface area contributed by atoms with Crippen molar-refractivity contribution >= 4 is 11.9 Å². The van der Waals surface area contributed by atoms with Crippen LogP contribution in [0.4, 0.5) is 5.69 Å². The lowest BCUT2D eigenvalue weighted by molar-refractivity contribution is 0.655. The number of benzene rings is 1. The summed E-state index contributed by atoms with van der Waals surface area (Å²) in [5.74, 6) is 1.64. The fraction of sp³-hybridized carbons (Fsp3) is 0.611. The van der Waals surface area contributed by atoms with Gasteiger partial charge in [-0.1, -0.05) is 59.7 Å². The van der Waals surface area contributed by atoms with Crippen LogP contribution in [0.15, 0.2) is 23.2 Å². The molecule has 106 valence electrons. The first-order chi connectivity index (χ1) is 9.01. The minimum absolute atomic E-state index is 0.521. The predicted molar refractivity (Wildman–Crippen MR) is 86.8 cm³/mol. The fourth-order valence-corrected chi connectivity index (χ4v) is 2.34. The molecule has 0 amide bonds. The van der Waals surface area contributed by atoms with Gasteiger partial charge in [-0.3, -0.25) is 4.99 Å². The van der Waals surface area contributed by atoms with Gasteiger partial charge in [0.15, 0.2) is 0 Å². The SMILES string of the molecule is CCC(C=Nc1c(C(C)C)cccc1C(C)C)CC. The number of nitrogens with zero attached hydrogens (tertiary/aromatic N) is 1. The van der Waals surface area contributed by atoms with Crippen molar-refractivity contribution in [1.29, 1.82) is 0 Å². The van der Waals surface area contributed by atoms with Crippen LogP contribution in [0.1, 0.15) is 77.3 Å². The summed E-state index contributed by atoms with van der Waals surface area (Å²) >= 11 is 0. The van der Waals surface area contributed by atoms with Gasteiger partial charge in [-0.15, -0.1) is 0 Å². The molecule has 0 heterocycles. The van der Waals surface area contributed by atoms with Crippen LogP contribution in [0.2, 0.25) is 0 Å². The van der Waals surface area contributed by atoms with Crippen molar-refractivity contribution in [2.45, 2.75) is 66.2 Å². The Kier molecular flexibility index (Phi) is 6.27. The highest BCUT2D eigenvalue weighted by Crippen LogP contribution is 2.34. The van der Waals surface area contributed by atoms with Gasteiger partial charge in [0, 0.05) is 6.21 Å². The predicted octanol–water partition coefficient (Wildman–Crippen LogP) is 6.07. The standard InChI is InChI=1S/C18H29N/c1-7-15(8-2)12-19-18-16(13(3)4)10-9-11-17(18)14(5)6/h9-15H,7-8H2,1-6H3. The van der Waals surface area contributed by atoms with E-state index in [1.54, 1.807) is 0 Å². The lowest BCUT2D eigenvalue weighted by atomic mass is 9.93. The zero-order chi connectivity index (χ0) is 14.4. The molecule has 0 radical (unpaired) electrons. The first kappa shape index (κ1) is 15.9. The molecule has 0 aliphatic rings. The van der Waals surface area contributed by atoms with Crippen molar-refractivity contribution in [3.8, 4) is 0 Å². The van der Waals surface area contributed by atoms with Gasteiger partial charge in [-0.2, -0.15) is 0 Å². The second kappa shape index (κ2) is 7.47. The first-order valence-electron chi connectivity index (χ1n) is 7.68. The number of para-hydroxylation sites is 1. The largest absolute Gasteiger partial charge is 0.260 e. The second-order valence-corrected chi connectivity index (χ2v) is 5.95. The molecule has 0 saturated carbocycles. The molecule has 0 unspecified atom stereocenters. The summed E-state index contributed by atoms with van der Waals surface area (Å²) in [6.45, 7) is 13.5. The van der Waals surface area contributed by atoms with Gasteiger partial charge in [0.1, 0.15) is 0 Å². The van der Waals surface area contributed by atoms with E-state index in [2.05, 4.69) is 66.0 Å². The highest BCUT2D eigenvalue weighted by atomic mass is 14.7. The van der Waals surface area contributed by atoms with E-state index in [1.165, 1.54) is 29.7 Å². The highest BCUT2D eigenvalue weighted by Gasteiger charge is 2.12. The lowest BCUT2D eigenvalue weighted by Crippen LogP contribution is -2.00. The molecule has 1 nitrogen and oxygen atoms in total. The van der Waals surface area contributed by atoms with Gasteiger partial charge < -0.3 is 0 Å². The maximum absolute atomic E-state index is 4.87. The lowest BCUT2D eigenvalue weighted by Gasteiger charge is -2.16. The summed E-state index contributed by atoms with van der Waals surface area (Å²) in [5.41, 5.74) is 3.95. The molecule has 0 N–H and O–H groups in total. The molecule has 0 saturated heterocycles. The number of rotatable bonds is 6. The number of aliphatic imine (C=N–C) groups is 1. The summed E-state index contributed by atoms with van der Waals surface area (Å²) in [6, 6.07) is 6.60. The monoisotopic (exact) mass is 259 g/mol. The Bertz CT molecular complexity index is 385. The Morgan fingerprint density at radius 3 is 1.79 bits per heavy atom. The molecule has 1 aromatic rings. The van der Waals surface area contributed by atoms with Gasteiger partial charge in [-0.25, -0.2) is 0 Å². The van der Waals surface area contributed by atoms with Crippen LogP contribution in [0.5, 0.6) is 0 Å². The third-order valence-electron chi connectivity index (χ3n) is 3.81. The van der Waals surface area contributed by atoms with Crippen LogP contribution in [-0.4, -0.2) is 6.21 Å². The van der Waals surface area contributed by atoms with Crippen molar-refractivity contribution in [3.05, 3.63) is 29.3 Å². The molecule has 19 heavy (non-hydrogen) atoms. The molecule has 1 aromatic carbocycles. The minimum atomic E-state index is 0.521. The molecule has 0 aromatic heterocycles. The normalized spacial score (nSPS) is 12.3. The fourth-order valence-electron chi connectivity index (χ4n) is 2.34. The van der Waals surface area contributed by atoms with Crippen molar-refractivity contribution in [3.63, 3.8) is 0 Å². The summed E-state index contributed by atoms with van der Waals surface area (Å²) in [6.07, 6.45) is 4.49. The van der Waals surface area contributed by atoms with Crippen LogP contribution in [0, 0.1) is 5.92 Å². The molecule has 0 fully saturated rings. The Balaban J connectivity index is 3.21. The summed E-state index contributed by atoms with van der Waals surface area (Å²) in [7, 11) is 0. The third-order valence-corrected chi connectivity index (χ3v) is 3.81. The zero-order valence-corrected chi connectivity index (χ0v) is 13.4. The van der Waals surface area contributed by atoms with E-state index in [9.17, 15) is 0 Å². The molecular weight excluding hydrogens is 230 g/mol. The smallest absolute Gasteiger partial charge is 0.0694 e. The molecule has 1 heteroatoms. The van der Waals surface area contributed by atoms with E-state index in [0.717, 1.165) is 0 Å². The Morgan fingerprint density at radius 1 is 0.947 bits per heavy atom. The Hall–Kier alpha value is -1.11. The average Bonchev–Trinajstić information content (AvgIpc) is 2.39. The zero-order valence-electron chi connectivity index (χ0n) is 13.4. The van der Waals surface area contributed by atoms with Gasteiger partial charge >= 0.3 is 0 Å². The van der Waals surface area contributed by atoms with Gasteiger partial charge in [0.2, 0.25) is 0 Å². The molecular formula is C18H29N. The van der Waals surface area contributed by atoms with E-state index in [0.29, 0.717) is 17.8 Å². The van der Waals surface area contributed by atoms with Crippen molar-refractivity contribution in [2.24, 2.45) is 10.9 Å². The molecule has 1 rings (SSSR count). The van der Waals surface area contributed by atoms with Gasteiger partial charge in [-0.05, 0) is 41.7 Å². The summed E-state index contributed by atoms with van der Waals surface area (Å²) in [4.78, 5) is 4.87. The van der Waals surface area contributed by atoms with E-state index < -0.39 is 0 Å². The van der Waals surface area contributed by atoms with Crippen LogP contribution >= 0.6 is 0 Å². The summed E-state index contributed by atoms with van der Waals surface area (Å²) < 4.78 is 0. The first-order valence-corrected chi connectivity index (χ1v) is 7.68. The van der Waals surface area contributed by atoms with E-state index >= 15 is 0 Å². The summed E-state index contributed by atoms with van der Waals surface area (Å²) in [5, 5.41) is 0. The number of hydrogen-bond acceptors (Lipinski definition) is 1. The molecule has 0 atom stereocenters. The van der Waals surface area contributed by atoms with Crippen LogP contribution in [0.25, 0.3) is 0 Å². The Morgan fingerprint density at radius 2 is 1.42 bits per heavy atom. The minimum Gasteiger partial charge on any atom is -0.260 e. The van der Waals surface area contributed by atoms with E-state index in [1.807, 2.05) is 0 Å². The van der Waals surface area contributed by atoms with Crippen molar-refractivity contribution in [1.82, 2.24) is 0 Å². The van der Waals surface area contributed by atoms with Crippen LogP contribution in [0.3, 0.4) is 0 Å². The topological polar surface area (TPSA) is 12.4 Å². The van der Waals surface area contributed by atoms with Crippen molar-refractivity contribution in [2.75, 3.05) is 0 Å². The molecule has 0 bridgehead atoms. The highest BCUT2D eigenvalue weighted by molar-refractivity contribution is 5.69. The second-order valence-electron chi connectivity index (χ2n) is 5.95. The van der Waals surface area contributed by atoms with Gasteiger partial charge in [0.05, 0.1) is 5.69 Å². The maximum Gasteiger partial charge on any atom is 0.0694 e. The Labute approximate surface area is 119 Å². The molecule has 0 aliphatic carbocycles. The average molecular weight is 259 g/mol. The molecule has 0 aliphatic heterocycles. The van der Waals surface area contributed by atoms with Gasteiger partial charge in [0.25, 0.3) is 0 Å². The quantitative estimate of drug-likeness (QED) is 0.550.